The van der Waals surface area contributed by atoms with Crippen LogP contribution in [0.2, 0.25) is 0 Å². The summed E-state index contributed by atoms with van der Waals surface area (Å²) in [6, 6.07) is 9.27. The largest absolute Gasteiger partial charge is 0.445 e. The third kappa shape index (κ3) is 48.3. The van der Waals surface area contributed by atoms with Gasteiger partial charge in [0.15, 0.2) is 0 Å². The van der Waals surface area contributed by atoms with E-state index in [9.17, 15) is 33.6 Å². The van der Waals surface area contributed by atoms with Crippen molar-refractivity contribution in [3.8, 4) is 0 Å². The predicted octanol–water partition coefficient (Wildman–Crippen LogP) is 3.66. The molecule has 0 atom stereocenters. The Kier molecular flexibility index (Phi) is 38.9. The van der Waals surface area contributed by atoms with Gasteiger partial charge in [-0.3, -0.25) is 19.4 Å². The molecule has 6 N–H and O–H groups in total. The fraction of sp³-hybridized carbons (Fsp3) is 0.768. The van der Waals surface area contributed by atoms with Crippen LogP contribution in [0.4, 0.5) is 24.0 Å². The Morgan fingerprint density at radius 3 is 0.904 bits per heavy atom. The summed E-state index contributed by atoms with van der Waals surface area (Å²) in [5.74, 6) is -0.520. The Balaban J connectivity index is 2.68. The molecule has 1 rings (SSSR count). The van der Waals surface area contributed by atoms with Crippen molar-refractivity contribution in [2.24, 2.45) is 0 Å². The highest BCUT2D eigenvalue weighted by Gasteiger charge is 2.21. The monoisotopic (exact) mass is 1190 g/mol. The van der Waals surface area contributed by atoms with E-state index < -0.39 is 52.9 Å². The van der Waals surface area contributed by atoms with Crippen LogP contribution < -0.4 is 31.9 Å². The van der Waals surface area contributed by atoms with Crippen LogP contribution in [0.5, 0.6) is 0 Å². The van der Waals surface area contributed by atoms with Crippen LogP contribution in [-0.2, 0) is 68.3 Å². The predicted molar refractivity (Wildman–Crippen MR) is 309 cm³/mol. The summed E-state index contributed by atoms with van der Waals surface area (Å²) in [4.78, 5) is 92.4. The number of alkyl carbamates (subject to hydrolysis) is 4. The van der Waals surface area contributed by atoms with Crippen molar-refractivity contribution in [3.05, 3.63) is 35.9 Å². The smallest absolute Gasteiger partial charge is 0.410 e. The molecule has 0 aromatic heterocycles. The summed E-state index contributed by atoms with van der Waals surface area (Å²) in [5, 5.41) is 16.3. The van der Waals surface area contributed by atoms with Gasteiger partial charge in [0.05, 0.1) is 92.4 Å². The zero-order valence-corrected chi connectivity index (χ0v) is 51.7. The fourth-order valence-electron chi connectivity index (χ4n) is 6.58. The van der Waals surface area contributed by atoms with Crippen LogP contribution in [0.15, 0.2) is 30.3 Å². The molecule has 1 aromatic rings. The van der Waals surface area contributed by atoms with Gasteiger partial charge >= 0.3 is 30.5 Å². The Hall–Kier alpha value is -5.81. The summed E-state index contributed by atoms with van der Waals surface area (Å²) in [6.45, 7) is 27.3. The zero-order valence-electron chi connectivity index (χ0n) is 51.7. The zero-order chi connectivity index (χ0) is 62.0. The number of benzene rings is 1. The SMILES string of the molecule is CC(C)(C)OC(=O)NCCOCCN(CCOCCNC(=O)OC(C)(C)C)CC(=O)NCCOCCN(CCOCCNC(=O)CN(CCOCCNC(=O)OC(C)(C)C)CCOCCNC(=O)OC(C)(C)C)C(=O)OCc1ccccc1. The minimum atomic E-state index is -0.624. The van der Waals surface area contributed by atoms with Crippen LogP contribution in [0.1, 0.15) is 88.6 Å². The van der Waals surface area contributed by atoms with Crippen LogP contribution in [0.3, 0.4) is 0 Å². The summed E-state index contributed by atoms with van der Waals surface area (Å²) in [7, 11) is 0. The molecule has 0 aliphatic carbocycles. The maximum absolute atomic E-state index is 13.3. The molecule has 27 nitrogen and oxygen atoms in total. The normalized spacial score (nSPS) is 11.8. The van der Waals surface area contributed by atoms with E-state index in [-0.39, 0.29) is 163 Å². The van der Waals surface area contributed by atoms with E-state index >= 15 is 0 Å². The van der Waals surface area contributed by atoms with Crippen molar-refractivity contribution in [2.45, 2.75) is 112 Å². The standard InChI is InChI=1S/C56H101N9O18/c1-53(2,3)80-48(68)59-20-32-73-36-24-63(25-37-74-33-21-60-49(69)81-54(4,5)6)42-46(66)57-18-30-77-40-28-65(52(72)79-44-45-16-14-13-15-17-45)29-41-78-31-19-58-47(67)43-64(26-38-75-34-22-61-50(70)82-55(7,8)9)27-39-76-35-23-62-51(71)83-56(10,11)12/h13-17H,18-44H2,1-12H3,(H,57,66)(H,58,67)(H,59,68)(H,60,69)(H,61,70)(H,62,71). The number of ether oxygens (including phenoxy) is 11. The molecular weight excluding hydrogens is 1090 g/mol. The first-order chi connectivity index (χ1) is 39.1. The molecule has 1 aromatic carbocycles. The highest BCUT2D eigenvalue weighted by Crippen LogP contribution is 2.09. The number of nitrogens with one attached hydrogen (secondary N) is 6. The van der Waals surface area contributed by atoms with Gasteiger partial charge in [-0.05, 0) is 88.6 Å². The first-order valence-corrected chi connectivity index (χ1v) is 28.4. The molecule has 0 spiro atoms. The molecular formula is C56H101N9O18. The van der Waals surface area contributed by atoms with E-state index in [1.165, 1.54) is 4.90 Å². The number of hydrogen-bond donors (Lipinski definition) is 6. The molecule has 0 radical (unpaired) electrons. The van der Waals surface area contributed by atoms with Crippen LogP contribution in [0, 0.1) is 0 Å². The van der Waals surface area contributed by atoms with E-state index in [2.05, 4.69) is 31.9 Å². The molecule has 83 heavy (non-hydrogen) atoms. The van der Waals surface area contributed by atoms with Gasteiger partial charge in [0.1, 0.15) is 29.0 Å². The number of carbonyl (C=O) groups is 7. The average Bonchev–Trinajstić information content (AvgIpc) is 3.37. The van der Waals surface area contributed by atoms with Gasteiger partial charge in [-0.2, -0.15) is 0 Å². The van der Waals surface area contributed by atoms with Crippen molar-refractivity contribution in [2.75, 3.05) is 171 Å². The molecule has 478 valence electrons. The maximum Gasteiger partial charge on any atom is 0.410 e. The van der Waals surface area contributed by atoms with Crippen LogP contribution in [0.25, 0.3) is 0 Å². The molecule has 0 bridgehead atoms. The van der Waals surface area contributed by atoms with Crippen LogP contribution in [-0.4, -0.2) is 250 Å². The minimum Gasteiger partial charge on any atom is -0.445 e. The number of carbonyl (C=O) groups excluding carboxylic acids is 7. The Bertz CT molecular complexity index is 1770. The number of rotatable bonds is 42. The number of hydrogen-bond acceptors (Lipinski definition) is 20. The van der Waals surface area contributed by atoms with Gasteiger partial charge in [-0.1, -0.05) is 30.3 Å². The van der Waals surface area contributed by atoms with Gasteiger partial charge in [0, 0.05) is 78.5 Å². The van der Waals surface area contributed by atoms with Crippen molar-refractivity contribution in [1.82, 2.24) is 46.6 Å². The lowest BCUT2D eigenvalue weighted by Gasteiger charge is -2.23. The van der Waals surface area contributed by atoms with Crippen molar-refractivity contribution in [1.29, 1.82) is 0 Å². The maximum atomic E-state index is 13.3. The third-order valence-corrected chi connectivity index (χ3v) is 10.2. The highest BCUT2D eigenvalue weighted by molar-refractivity contribution is 5.78. The molecule has 27 heteroatoms. The first-order valence-electron chi connectivity index (χ1n) is 28.4. The van der Waals surface area contributed by atoms with Gasteiger partial charge in [0.2, 0.25) is 11.8 Å². The summed E-state index contributed by atoms with van der Waals surface area (Å²) < 4.78 is 61.0. The van der Waals surface area contributed by atoms with Crippen molar-refractivity contribution < 1.29 is 85.7 Å². The van der Waals surface area contributed by atoms with E-state index in [4.69, 9.17) is 52.1 Å². The molecule has 0 saturated carbocycles. The second kappa shape index (κ2) is 42.9. The van der Waals surface area contributed by atoms with Gasteiger partial charge in [-0.25, -0.2) is 24.0 Å². The lowest BCUT2D eigenvalue weighted by atomic mass is 10.2. The molecule has 0 fully saturated rings. The number of nitrogens with zero attached hydrogens (tertiary/aromatic N) is 3. The lowest BCUT2D eigenvalue weighted by Crippen LogP contribution is -2.42. The quantitative estimate of drug-likeness (QED) is 0.0402. The van der Waals surface area contributed by atoms with Gasteiger partial charge < -0.3 is 88.9 Å². The van der Waals surface area contributed by atoms with Crippen molar-refractivity contribution in [3.63, 3.8) is 0 Å². The highest BCUT2D eigenvalue weighted by atomic mass is 16.6. The Morgan fingerprint density at radius 1 is 0.361 bits per heavy atom. The van der Waals surface area contributed by atoms with E-state index in [0.29, 0.717) is 26.2 Å². The molecule has 0 unspecified atom stereocenters. The molecule has 0 aliphatic heterocycles. The Morgan fingerprint density at radius 2 is 0.627 bits per heavy atom. The summed E-state index contributed by atoms with van der Waals surface area (Å²) >= 11 is 0. The topological polar surface area (TPSA) is 303 Å². The Labute approximate surface area is 492 Å². The summed E-state index contributed by atoms with van der Waals surface area (Å²) in [6.07, 6.45) is -2.74. The second-order valence-electron chi connectivity index (χ2n) is 22.7. The lowest BCUT2D eigenvalue weighted by molar-refractivity contribution is -0.123. The average molecular weight is 1190 g/mol. The van der Waals surface area contributed by atoms with Crippen LogP contribution >= 0.6 is 0 Å². The minimum absolute atomic E-state index is 0.0332. The van der Waals surface area contributed by atoms with E-state index in [0.717, 1.165) is 5.56 Å². The number of amides is 7. The third-order valence-electron chi connectivity index (χ3n) is 10.2. The van der Waals surface area contributed by atoms with Crippen molar-refractivity contribution >= 4 is 42.3 Å². The first kappa shape index (κ1) is 75.2. The fourth-order valence-corrected chi connectivity index (χ4v) is 6.58. The molecule has 0 aliphatic rings. The van der Waals surface area contributed by atoms with Gasteiger partial charge in [-0.15, -0.1) is 0 Å². The molecule has 7 amide bonds. The molecule has 0 heterocycles. The van der Waals surface area contributed by atoms with E-state index in [1.54, 1.807) is 83.1 Å². The summed E-state index contributed by atoms with van der Waals surface area (Å²) in [5.41, 5.74) is -1.68. The van der Waals surface area contributed by atoms with E-state index in [1.807, 2.05) is 40.1 Å². The molecule has 0 saturated heterocycles. The second-order valence-corrected chi connectivity index (χ2v) is 22.7. The van der Waals surface area contributed by atoms with Gasteiger partial charge in [0.25, 0.3) is 0 Å².